The Labute approximate surface area is 187 Å². The van der Waals surface area contributed by atoms with Gasteiger partial charge in [0.05, 0.1) is 22.1 Å². The molecule has 0 aliphatic rings. The van der Waals surface area contributed by atoms with Gasteiger partial charge in [-0.1, -0.05) is 39.1 Å². The van der Waals surface area contributed by atoms with Crippen LogP contribution < -0.4 is 5.32 Å². The maximum absolute atomic E-state index is 12.4. The first-order valence-corrected chi connectivity index (χ1v) is 11.6. The third-order valence-corrected chi connectivity index (χ3v) is 7.45. The van der Waals surface area contributed by atoms with Gasteiger partial charge in [-0.15, -0.1) is 0 Å². The maximum Gasteiger partial charge on any atom is 0.307 e. The first-order chi connectivity index (χ1) is 13.5. The summed E-state index contributed by atoms with van der Waals surface area (Å²) in [5, 5.41) is 2.89. The molecule has 2 aromatic carbocycles. The molecule has 10 heteroatoms. The highest BCUT2D eigenvalue weighted by atomic mass is 79.9. The smallest absolute Gasteiger partial charge is 0.307 e. The van der Waals surface area contributed by atoms with E-state index in [1.807, 2.05) is 13.8 Å². The average molecular weight is 523 g/mol. The van der Waals surface area contributed by atoms with Crippen molar-refractivity contribution in [3.05, 3.63) is 56.0 Å². The van der Waals surface area contributed by atoms with Gasteiger partial charge in [-0.3, -0.25) is 9.59 Å². The molecule has 0 spiro atoms. The fourth-order valence-corrected chi connectivity index (χ4v) is 4.83. The molecule has 2 rings (SSSR count). The quantitative estimate of drug-likeness (QED) is 0.531. The van der Waals surface area contributed by atoms with E-state index in [0.717, 1.165) is 15.6 Å². The lowest BCUT2D eigenvalue weighted by Gasteiger charge is -2.12. The zero-order chi connectivity index (χ0) is 21.8. The largest absolute Gasteiger partial charge is 0.456 e. The SMILES string of the molecule is Cc1c(Br)ccc(NC(=O)COC(=O)CCS(=O)(=O)c2cc(Cl)ccc2Cl)c1C. The van der Waals surface area contributed by atoms with Gasteiger partial charge in [-0.05, 0) is 55.3 Å². The highest BCUT2D eigenvalue weighted by Crippen LogP contribution is 2.27. The van der Waals surface area contributed by atoms with Crippen LogP contribution in [0.25, 0.3) is 0 Å². The summed E-state index contributed by atoms with van der Waals surface area (Å²) in [4.78, 5) is 23.7. The summed E-state index contributed by atoms with van der Waals surface area (Å²) in [5.41, 5.74) is 2.46. The molecule has 1 N–H and O–H groups in total. The molecular formula is C19H18BrCl2NO5S. The van der Waals surface area contributed by atoms with Gasteiger partial charge in [0.25, 0.3) is 5.91 Å². The van der Waals surface area contributed by atoms with E-state index in [-0.39, 0.29) is 14.9 Å². The Hall–Kier alpha value is -1.61. The predicted octanol–water partition coefficient (Wildman–Crippen LogP) is 4.72. The number of nitrogens with one attached hydrogen (secondary N) is 1. The second-order valence-corrected chi connectivity index (χ2v) is 9.97. The van der Waals surface area contributed by atoms with Gasteiger partial charge in [-0.2, -0.15) is 0 Å². The van der Waals surface area contributed by atoms with Gasteiger partial charge >= 0.3 is 5.97 Å². The molecule has 0 aliphatic carbocycles. The van der Waals surface area contributed by atoms with E-state index >= 15 is 0 Å². The normalized spacial score (nSPS) is 11.2. The van der Waals surface area contributed by atoms with Crippen molar-refractivity contribution in [1.29, 1.82) is 0 Å². The van der Waals surface area contributed by atoms with Crippen LogP contribution >= 0.6 is 39.1 Å². The van der Waals surface area contributed by atoms with Gasteiger partial charge in [0.15, 0.2) is 16.4 Å². The third kappa shape index (κ3) is 6.44. The molecule has 0 aliphatic heterocycles. The highest BCUT2D eigenvalue weighted by molar-refractivity contribution is 9.10. The minimum Gasteiger partial charge on any atom is -0.456 e. The number of hydrogen-bond acceptors (Lipinski definition) is 5. The summed E-state index contributed by atoms with van der Waals surface area (Å²) in [6, 6.07) is 7.58. The van der Waals surface area contributed by atoms with Crippen LogP contribution in [0.1, 0.15) is 17.5 Å². The van der Waals surface area contributed by atoms with Crippen LogP contribution in [0.15, 0.2) is 39.7 Å². The van der Waals surface area contributed by atoms with Crippen LogP contribution in [0.5, 0.6) is 0 Å². The molecule has 0 saturated carbocycles. The first-order valence-electron chi connectivity index (χ1n) is 8.40. The van der Waals surface area contributed by atoms with Crippen molar-refractivity contribution >= 4 is 66.5 Å². The Kier molecular flexibility index (Phi) is 8.10. The topological polar surface area (TPSA) is 89.5 Å². The fourth-order valence-electron chi connectivity index (χ4n) is 2.37. The molecule has 0 aromatic heterocycles. The van der Waals surface area contributed by atoms with Crippen molar-refractivity contribution in [1.82, 2.24) is 0 Å². The number of halogens is 3. The summed E-state index contributed by atoms with van der Waals surface area (Å²) in [7, 11) is -3.83. The lowest BCUT2D eigenvalue weighted by atomic mass is 10.1. The summed E-state index contributed by atoms with van der Waals surface area (Å²) >= 11 is 15.1. The standard InChI is InChI=1S/C19H18BrCl2NO5S/c1-11-12(2)16(6-4-14(11)20)23-18(24)10-28-19(25)7-8-29(26,27)17-9-13(21)3-5-15(17)22/h3-6,9H,7-8,10H2,1-2H3,(H,23,24). The monoisotopic (exact) mass is 521 g/mol. The Morgan fingerprint density at radius 2 is 1.79 bits per heavy atom. The minimum absolute atomic E-state index is 0.0160. The molecule has 2 aromatic rings. The van der Waals surface area contributed by atoms with E-state index < -0.39 is 40.5 Å². The molecule has 0 saturated heterocycles. The van der Waals surface area contributed by atoms with Crippen LogP contribution in [-0.2, 0) is 24.2 Å². The maximum atomic E-state index is 12.4. The average Bonchev–Trinajstić information content (AvgIpc) is 2.67. The zero-order valence-corrected chi connectivity index (χ0v) is 19.5. The molecule has 1 amide bonds. The summed E-state index contributed by atoms with van der Waals surface area (Å²) in [6.45, 7) is 3.24. The summed E-state index contributed by atoms with van der Waals surface area (Å²) in [5.74, 6) is -1.85. The second-order valence-electron chi connectivity index (χ2n) is 6.20. The number of rotatable bonds is 7. The van der Waals surface area contributed by atoms with Gasteiger partial charge in [0, 0.05) is 15.2 Å². The molecule has 0 bridgehead atoms. The van der Waals surface area contributed by atoms with E-state index in [9.17, 15) is 18.0 Å². The summed E-state index contributed by atoms with van der Waals surface area (Å²) in [6.07, 6.45) is -0.422. The van der Waals surface area contributed by atoms with Crippen molar-refractivity contribution in [3.63, 3.8) is 0 Å². The molecular weight excluding hydrogens is 505 g/mol. The molecule has 0 atom stereocenters. The summed E-state index contributed by atoms with van der Waals surface area (Å²) < 4.78 is 30.5. The van der Waals surface area contributed by atoms with E-state index in [1.54, 1.807) is 12.1 Å². The van der Waals surface area contributed by atoms with Gasteiger partial charge in [0.1, 0.15) is 0 Å². The number of carbonyl (C=O) groups is 2. The number of sulfone groups is 1. The third-order valence-electron chi connectivity index (χ3n) is 4.16. The number of ether oxygens (including phenoxy) is 1. The van der Waals surface area contributed by atoms with Crippen LogP contribution in [0, 0.1) is 13.8 Å². The van der Waals surface area contributed by atoms with Crippen molar-refractivity contribution in [2.45, 2.75) is 25.2 Å². The molecule has 156 valence electrons. The molecule has 29 heavy (non-hydrogen) atoms. The minimum atomic E-state index is -3.83. The number of carbonyl (C=O) groups excluding carboxylic acids is 2. The highest BCUT2D eigenvalue weighted by Gasteiger charge is 2.21. The number of anilines is 1. The molecule has 0 radical (unpaired) electrons. The number of benzene rings is 2. The van der Waals surface area contributed by atoms with Crippen LogP contribution in [-0.4, -0.2) is 32.7 Å². The van der Waals surface area contributed by atoms with E-state index in [0.29, 0.717) is 5.69 Å². The molecule has 0 fully saturated rings. The van der Waals surface area contributed by atoms with Crippen LogP contribution in [0.4, 0.5) is 5.69 Å². The molecule has 0 unspecified atom stereocenters. The van der Waals surface area contributed by atoms with Crippen molar-refractivity contribution in [2.75, 3.05) is 17.7 Å². The van der Waals surface area contributed by atoms with E-state index in [4.69, 9.17) is 27.9 Å². The van der Waals surface area contributed by atoms with Crippen LogP contribution in [0.2, 0.25) is 10.0 Å². The van der Waals surface area contributed by atoms with Crippen molar-refractivity contribution in [2.24, 2.45) is 0 Å². The zero-order valence-electron chi connectivity index (χ0n) is 15.6. The van der Waals surface area contributed by atoms with E-state index in [1.165, 1.54) is 18.2 Å². The Morgan fingerprint density at radius 3 is 2.48 bits per heavy atom. The lowest BCUT2D eigenvalue weighted by molar-refractivity contribution is -0.146. The number of esters is 1. The van der Waals surface area contributed by atoms with Crippen LogP contribution in [0.3, 0.4) is 0 Å². The van der Waals surface area contributed by atoms with Gasteiger partial charge in [0.2, 0.25) is 0 Å². The molecule has 0 heterocycles. The number of hydrogen-bond donors (Lipinski definition) is 1. The van der Waals surface area contributed by atoms with Gasteiger partial charge < -0.3 is 10.1 Å². The van der Waals surface area contributed by atoms with Gasteiger partial charge in [-0.25, -0.2) is 8.42 Å². The first kappa shape index (κ1) is 23.7. The predicted molar refractivity (Wildman–Crippen MR) is 116 cm³/mol. The van der Waals surface area contributed by atoms with E-state index in [2.05, 4.69) is 21.2 Å². The molecule has 6 nitrogen and oxygen atoms in total. The Balaban J connectivity index is 1.89. The van der Waals surface area contributed by atoms with Crippen molar-refractivity contribution < 1.29 is 22.7 Å². The Morgan fingerprint density at radius 1 is 1.10 bits per heavy atom. The fraction of sp³-hybridized carbons (Fsp3) is 0.263. The second kappa shape index (κ2) is 9.93. The Bertz CT molecular complexity index is 1060. The lowest BCUT2D eigenvalue weighted by Crippen LogP contribution is -2.22. The number of amides is 1. The van der Waals surface area contributed by atoms with Crippen molar-refractivity contribution in [3.8, 4) is 0 Å².